The fourth-order valence-corrected chi connectivity index (χ4v) is 3.44. The third kappa shape index (κ3) is 4.40. The first kappa shape index (κ1) is 19.6. The number of fused-ring (bicyclic) bond motifs is 1. The molecule has 7 nitrogen and oxygen atoms in total. The van der Waals surface area contributed by atoms with Gasteiger partial charge in [-0.25, -0.2) is 9.59 Å². The third-order valence-electron chi connectivity index (χ3n) is 4.56. The topological polar surface area (TPSA) is 91.1 Å². The van der Waals surface area contributed by atoms with Gasteiger partial charge in [0.15, 0.2) is 0 Å². The van der Waals surface area contributed by atoms with Crippen molar-refractivity contribution in [2.24, 2.45) is 0 Å². The molecular formula is C19H25ClN2O5. The minimum atomic E-state index is -0.533. The summed E-state index contributed by atoms with van der Waals surface area (Å²) in [7, 11) is 0. The molecule has 1 aromatic carbocycles. The first-order valence-electron chi connectivity index (χ1n) is 9.08. The second kappa shape index (κ2) is 7.46. The molecule has 1 saturated heterocycles. The Labute approximate surface area is 163 Å². The molecule has 3 rings (SSSR count). The maximum Gasteiger partial charge on any atom is 0.410 e. The minimum absolute atomic E-state index is 0.274. The van der Waals surface area contributed by atoms with Gasteiger partial charge in [0.1, 0.15) is 23.0 Å². The summed E-state index contributed by atoms with van der Waals surface area (Å²) < 4.78 is 16.6. The number of likely N-dealkylation sites (tertiary alicyclic amines) is 1. The van der Waals surface area contributed by atoms with E-state index < -0.39 is 11.6 Å². The van der Waals surface area contributed by atoms with Crippen molar-refractivity contribution in [1.82, 2.24) is 4.90 Å². The highest BCUT2D eigenvalue weighted by Gasteiger charge is 2.31. The van der Waals surface area contributed by atoms with E-state index in [2.05, 4.69) is 0 Å². The molecule has 0 saturated carbocycles. The number of nitrogen functional groups attached to an aromatic ring is 1. The van der Waals surface area contributed by atoms with E-state index in [-0.39, 0.29) is 12.2 Å². The summed E-state index contributed by atoms with van der Waals surface area (Å²) in [6.45, 7) is 6.91. The van der Waals surface area contributed by atoms with E-state index in [1.165, 1.54) is 6.07 Å². The second-order valence-electron chi connectivity index (χ2n) is 7.80. The van der Waals surface area contributed by atoms with Gasteiger partial charge in [0.2, 0.25) is 0 Å². The Morgan fingerprint density at radius 1 is 1.30 bits per heavy atom. The highest BCUT2D eigenvalue weighted by Crippen LogP contribution is 2.39. The molecule has 0 spiro atoms. The Bertz CT molecular complexity index is 751. The minimum Gasteiger partial charge on any atom is -0.492 e. The van der Waals surface area contributed by atoms with Crippen LogP contribution >= 0.6 is 11.6 Å². The van der Waals surface area contributed by atoms with E-state index in [4.69, 9.17) is 31.5 Å². The molecule has 2 N–H and O–H groups in total. The molecule has 0 atom stereocenters. The molecule has 27 heavy (non-hydrogen) atoms. The molecule has 1 aromatic rings. The zero-order valence-electron chi connectivity index (χ0n) is 15.8. The molecule has 2 aliphatic heterocycles. The number of carbonyl (C=O) groups is 2. The average molecular weight is 397 g/mol. The van der Waals surface area contributed by atoms with Crippen LogP contribution in [0.4, 0.5) is 10.5 Å². The summed E-state index contributed by atoms with van der Waals surface area (Å²) in [6.07, 6.45) is 1.11. The average Bonchev–Trinajstić information content (AvgIpc) is 3.07. The maximum absolute atomic E-state index is 12.6. The van der Waals surface area contributed by atoms with E-state index in [1.54, 1.807) is 4.90 Å². The van der Waals surface area contributed by atoms with Crippen molar-refractivity contribution in [1.29, 1.82) is 0 Å². The lowest BCUT2D eigenvalue weighted by Gasteiger charge is -2.33. The van der Waals surface area contributed by atoms with Crippen molar-refractivity contribution in [3.63, 3.8) is 0 Å². The Morgan fingerprint density at radius 2 is 1.96 bits per heavy atom. The van der Waals surface area contributed by atoms with Crippen molar-refractivity contribution in [2.45, 2.75) is 51.7 Å². The highest BCUT2D eigenvalue weighted by atomic mass is 35.5. The summed E-state index contributed by atoms with van der Waals surface area (Å²) in [5.41, 5.74) is 6.94. The lowest BCUT2D eigenvalue weighted by Crippen LogP contribution is -2.43. The molecular weight excluding hydrogens is 372 g/mol. The summed E-state index contributed by atoms with van der Waals surface area (Å²) >= 11 is 6.14. The monoisotopic (exact) mass is 396 g/mol. The standard InChI is InChI=1S/C19H25ClN2O5/c1-19(2,3)27-18(24)22-7-4-11(5-8-22)26-17(23)13-10-14(20)15(21)12-6-9-25-16(12)13/h10-11H,4-9,21H2,1-3H3. The number of anilines is 1. The number of amides is 1. The summed E-state index contributed by atoms with van der Waals surface area (Å²) in [4.78, 5) is 26.4. The molecule has 0 bridgehead atoms. The number of nitrogens with zero attached hydrogens (tertiary/aromatic N) is 1. The molecule has 1 fully saturated rings. The van der Waals surface area contributed by atoms with Gasteiger partial charge in [-0.2, -0.15) is 0 Å². The van der Waals surface area contributed by atoms with Crippen LogP contribution < -0.4 is 10.5 Å². The van der Waals surface area contributed by atoms with Gasteiger partial charge in [-0.1, -0.05) is 11.6 Å². The van der Waals surface area contributed by atoms with E-state index in [0.29, 0.717) is 61.0 Å². The van der Waals surface area contributed by atoms with Crippen molar-refractivity contribution in [2.75, 3.05) is 25.4 Å². The molecule has 2 aliphatic rings. The van der Waals surface area contributed by atoms with Gasteiger partial charge < -0.3 is 24.8 Å². The number of hydrogen-bond acceptors (Lipinski definition) is 6. The Balaban J connectivity index is 1.60. The van der Waals surface area contributed by atoms with Crippen LogP contribution in [-0.4, -0.2) is 48.4 Å². The number of hydrogen-bond donors (Lipinski definition) is 1. The van der Waals surface area contributed by atoms with Crippen LogP contribution in [0.2, 0.25) is 5.02 Å². The fraction of sp³-hybridized carbons (Fsp3) is 0.579. The molecule has 2 heterocycles. The van der Waals surface area contributed by atoms with Crippen LogP contribution in [-0.2, 0) is 15.9 Å². The third-order valence-corrected chi connectivity index (χ3v) is 4.87. The van der Waals surface area contributed by atoms with Crippen LogP contribution in [0.25, 0.3) is 0 Å². The first-order valence-corrected chi connectivity index (χ1v) is 9.46. The predicted octanol–water partition coefficient (Wildman–Crippen LogP) is 3.41. The Kier molecular flexibility index (Phi) is 5.42. The predicted molar refractivity (Wildman–Crippen MR) is 101 cm³/mol. The zero-order valence-corrected chi connectivity index (χ0v) is 16.6. The van der Waals surface area contributed by atoms with Crippen molar-refractivity contribution >= 4 is 29.4 Å². The van der Waals surface area contributed by atoms with Gasteiger partial charge in [0.25, 0.3) is 0 Å². The smallest absolute Gasteiger partial charge is 0.410 e. The number of benzene rings is 1. The number of esters is 1. The molecule has 0 radical (unpaired) electrons. The first-order chi connectivity index (χ1) is 12.7. The molecule has 1 amide bonds. The van der Waals surface area contributed by atoms with Gasteiger partial charge in [0, 0.05) is 37.9 Å². The van der Waals surface area contributed by atoms with Crippen LogP contribution in [0.1, 0.15) is 49.5 Å². The largest absolute Gasteiger partial charge is 0.492 e. The SMILES string of the molecule is CC(C)(C)OC(=O)N1CCC(OC(=O)c2cc(Cl)c(N)c3c2OCC3)CC1. The van der Waals surface area contributed by atoms with Gasteiger partial charge in [-0.15, -0.1) is 0 Å². The van der Waals surface area contributed by atoms with E-state index in [1.807, 2.05) is 20.8 Å². The van der Waals surface area contributed by atoms with Crippen LogP contribution in [0.3, 0.4) is 0 Å². The molecule has 0 unspecified atom stereocenters. The quantitative estimate of drug-likeness (QED) is 0.608. The summed E-state index contributed by atoms with van der Waals surface area (Å²) in [5, 5.41) is 0.325. The molecule has 8 heteroatoms. The second-order valence-corrected chi connectivity index (χ2v) is 8.21. The van der Waals surface area contributed by atoms with Gasteiger partial charge in [-0.05, 0) is 26.8 Å². The van der Waals surface area contributed by atoms with Crippen molar-refractivity contribution < 1.29 is 23.8 Å². The highest BCUT2D eigenvalue weighted by molar-refractivity contribution is 6.33. The zero-order chi connectivity index (χ0) is 19.8. The Hall–Kier alpha value is -2.15. The number of piperidine rings is 1. The van der Waals surface area contributed by atoms with Gasteiger partial charge >= 0.3 is 12.1 Å². The summed E-state index contributed by atoms with van der Waals surface area (Å²) in [5.74, 6) is -0.0149. The lowest BCUT2D eigenvalue weighted by atomic mass is 10.0. The lowest BCUT2D eigenvalue weighted by molar-refractivity contribution is -0.00351. The van der Waals surface area contributed by atoms with E-state index in [9.17, 15) is 9.59 Å². The van der Waals surface area contributed by atoms with Crippen LogP contribution in [0, 0.1) is 0 Å². The van der Waals surface area contributed by atoms with Crippen molar-refractivity contribution in [3.05, 3.63) is 22.2 Å². The Morgan fingerprint density at radius 3 is 2.59 bits per heavy atom. The maximum atomic E-state index is 12.6. The molecule has 0 aliphatic carbocycles. The van der Waals surface area contributed by atoms with Gasteiger partial charge in [-0.3, -0.25) is 0 Å². The normalized spacial score (nSPS) is 17.3. The van der Waals surface area contributed by atoms with Crippen LogP contribution in [0.5, 0.6) is 5.75 Å². The summed E-state index contributed by atoms with van der Waals surface area (Å²) in [6, 6.07) is 1.50. The van der Waals surface area contributed by atoms with E-state index in [0.717, 1.165) is 5.56 Å². The fourth-order valence-electron chi connectivity index (χ4n) is 3.22. The number of nitrogens with two attached hydrogens (primary N) is 1. The number of rotatable bonds is 2. The van der Waals surface area contributed by atoms with Crippen molar-refractivity contribution in [3.8, 4) is 5.75 Å². The number of ether oxygens (including phenoxy) is 3. The van der Waals surface area contributed by atoms with Gasteiger partial charge in [0.05, 0.1) is 17.3 Å². The molecule has 148 valence electrons. The molecule has 0 aromatic heterocycles. The van der Waals surface area contributed by atoms with E-state index >= 15 is 0 Å². The number of carbonyl (C=O) groups excluding carboxylic acids is 2. The van der Waals surface area contributed by atoms with Crippen LogP contribution in [0.15, 0.2) is 6.07 Å². The number of halogens is 1.